The number of amidine groups is 1. The smallest absolute Gasteiger partial charge is 0.478 e. The number of carboxylic acids is 1. The van der Waals surface area contributed by atoms with Crippen molar-refractivity contribution in [1.82, 2.24) is 16.0 Å². The molecular formula is C54H69N10O23P3S2. The van der Waals surface area contributed by atoms with E-state index in [1.165, 1.54) is 22.9 Å². The van der Waals surface area contributed by atoms with E-state index in [2.05, 4.69) is 62.5 Å². The van der Waals surface area contributed by atoms with Crippen molar-refractivity contribution >= 4 is 97.3 Å². The number of nitrogens with zero attached hydrogens (tertiary/aromatic N) is 4. The van der Waals surface area contributed by atoms with Crippen LogP contribution in [0.1, 0.15) is 55.5 Å². The van der Waals surface area contributed by atoms with Gasteiger partial charge in [0.15, 0.2) is 0 Å². The summed E-state index contributed by atoms with van der Waals surface area (Å²) in [6.07, 6.45) is -1.91. The molecule has 1 aliphatic carbocycles. The molecule has 0 radical (unpaired) electrons. The van der Waals surface area contributed by atoms with Gasteiger partial charge in [0.05, 0.1) is 87.4 Å². The summed E-state index contributed by atoms with van der Waals surface area (Å²) < 4.78 is 91.7. The molecule has 0 spiro atoms. The van der Waals surface area contributed by atoms with E-state index in [4.69, 9.17) is 69.8 Å². The van der Waals surface area contributed by atoms with Crippen molar-refractivity contribution in [2.45, 2.75) is 62.6 Å². The predicted octanol–water partition coefficient (Wildman–Crippen LogP) is 6.91. The van der Waals surface area contributed by atoms with Crippen LogP contribution >= 0.6 is 45.1 Å². The van der Waals surface area contributed by atoms with Gasteiger partial charge in [-0.05, 0) is 92.2 Å². The number of carboxylic acid groups (broad SMARTS) is 1. The number of amides is 3. The number of rotatable bonds is 37. The minimum atomic E-state index is -5.82. The van der Waals surface area contributed by atoms with Gasteiger partial charge in [-0.3, -0.25) is 9.32 Å². The van der Waals surface area contributed by atoms with Crippen molar-refractivity contribution in [1.29, 1.82) is 5.41 Å². The van der Waals surface area contributed by atoms with E-state index in [1.807, 2.05) is 13.8 Å². The first-order chi connectivity index (χ1) is 43.6. The van der Waals surface area contributed by atoms with Crippen LogP contribution in [0.4, 0.5) is 15.3 Å². The highest BCUT2D eigenvalue weighted by atomic mass is 33.1. The number of fused-ring (bicyclic) bond motifs is 2. The number of aliphatic imine (C=N–C) groups is 1. The van der Waals surface area contributed by atoms with Crippen molar-refractivity contribution in [3.8, 4) is 34.3 Å². The van der Waals surface area contributed by atoms with E-state index in [0.717, 1.165) is 0 Å². The first-order valence-electron chi connectivity index (χ1n) is 27.7. The first-order valence-corrected chi connectivity index (χ1v) is 34.6. The van der Waals surface area contributed by atoms with Gasteiger partial charge in [0.2, 0.25) is 0 Å². The Morgan fingerprint density at radius 3 is 2.34 bits per heavy atom. The molecule has 2 aromatic carbocycles. The monoisotopic (exact) mass is 1380 g/mol. The number of nitrogens with two attached hydrogens (primary N) is 2. The molecule has 3 heterocycles. The van der Waals surface area contributed by atoms with Crippen LogP contribution in [0, 0.1) is 23.2 Å². The Balaban J connectivity index is 0.771. The Kier molecular flexibility index (Phi) is 28.6. The summed E-state index contributed by atoms with van der Waals surface area (Å²) in [5.41, 5.74) is 24.7. The van der Waals surface area contributed by atoms with Crippen LogP contribution in [0.25, 0.3) is 49.6 Å². The number of aromatic carboxylic acids is 1. The molecule has 0 saturated carbocycles. The summed E-state index contributed by atoms with van der Waals surface area (Å²) in [6.45, 7) is 9.01. The molecule has 92 heavy (non-hydrogen) atoms. The van der Waals surface area contributed by atoms with E-state index >= 15 is 0 Å². The molecule has 500 valence electrons. The Morgan fingerprint density at radius 2 is 1.61 bits per heavy atom. The zero-order valence-corrected chi connectivity index (χ0v) is 53.8. The van der Waals surface area contributed by atoms with Gasteiger partial charge in [-0.15, -0.1) is 0 Å². The number of phosphoric ester groups is 1. The van der Waals surface area contributed by atoms with Gasteiger partial charge < -0.3 is 95.1 Å². The van der Waals surface area contributed by atoms with Gasteiger partial charge in [0.25, 0.3) is 5.91 Å². The second kappa shape index (κ2) is 35.4. The number of nitrogens with one attached hydrogen (secondary N) is 4. The van der Waals surface area contributed by atoms with Crippen molar-refractivity contribution in [3.05, 3.63) is 99.8 Å². The third kappa shape index (κ3) is 24.6. The standard InChI is InChI=1S/C54H69N10O23P3S2/c1-33(34-8-11-38(51(66)67)41(25-34)48-39-12-9-36(55)27-43(39)84-44-28-37(56)10-13-40(44)48)59-16-21-77-23-24-78-22-17-61-53(69)81-20-14-54(2,3)92-91-32-79-18-4-5-19-80-52(68)60-15-6-7-35-26-42(50(65)63-49(35)57)45-29-46(82-31-62-64-58)47(85-45)30-83-89(73,74)87-90(75,76)86-88(70,71)72/h8-13,25-28,42,45-47,55,59H,1,4-5,14-24,29-32,56H2,2-3H3,(H,60,68)(H,61,69)(H,66,67)(H,73,74)(H,75,76)(H2,57,63,65)(H2,70,71,72)/t42?,45-,46?,47-/m1/s1. The van der Waals surface area contributed by atoms with Crippen molar-refractivity contribution < 1.29 is 108 Å². The van der Waals surface area contributed by atoms with Gasteiger partial charge in [-0.1, -0.05) is 51.2 Å². The second-order valence-corrected chi connectivity index (χ2v) is 27.6. The molecule has 1 saturated heterocycles. The molecule has 38 heteroatoms. The molecule has 6 rings (SSSR count). The third-order valence-electron chi connectivity index (χ3n) is 12.9. The Bertz CT molecular complexity index is 3650. The number of phosphoric acid groups is 3. The van der Waals surface area contributed by atoms with Crippen LogP contribution < -0.4 is 32.8 Å². The number of carbonyl (C=O) groups excluding carboxylic acids is 3. The van der Waals surface area contributed by atoms with E-state index in [-0.39, 0.29) is 73.0 Å². The van der Waals surface area contributed by atoms with Gasteiger partial charge >= 0.3 is 41.6 Å². The summed E-state index contributed by atoms with van der Waals surface area (Å²) in [5.74, 6) is 2.91. The lowest BCUT2D eigenvalue weighted by atomic mass is 9.89. The number of azide groups is 1. The van der Waals surface area contributed by atoms with Crippen LogP contribution in [0.3, 0.4) is 0 Å². The molecule has 6 atom stereocenters. The fourth-order valence-corrected chi connectivity index (χ4v) is 14.0. The summed E-state index contributed by atoms with van der Waals surface area (Å²) in [6, 6.07) is 15.1. The van der Waals surface area contributed by atoms with Gasteiger partial charge in [0.1, 0.15) is 36.0 Å². The summed E-state index contributed by atoms with van der Waals surface area (Å²) in [5, 5.41) is 30.8. The average molecular weight is 1380 g/mol. The number of alkyl carbamates (subject to hydrolysis) is 2. The molecule has 0 aromatic heterocycles. The molecule has 4 aliphatic rings. The van der Waals surface area contributed by atoms with E-state index in [1.54, 1.807) is 59.3 Å². The topological polar surface area (TPSA) is 499 Å². The minimum Gasteiger partial charge on any atom is -0.478 e. The molecule has 33 nitrogen and oxygen atoms in total. The number of carbonyl (C=O) groups is 4. The molecule has 3 aliphatic heterocycles. The molecule has 13 N–H and O–H groups in total. The third-order valence-corrected chi connectivity index (χ3v) is 19.7. The highest BCUT2D eigenvalue weighted by molar-refractivity contribution is 8.77. The fraction of sp³-hybridized carbons (Fsp3) is 0.444. The van der Waals surface area contributed by atoms with Crippen LogP contribution in [-0.4, -0.2) is 163 Å². The lowest BCUT2D eigenvalue weighted by molar-refractivity contribution is -0.125. The number of dihydropyridines is 1. The van der Waals surface area contributed by atoms with Crippen LogP contribution in [-0.2, 0) is 64.8 Å². The lowest BCUT2D eigenvalue weighted by Crippen LogP contribution is -2.33. The molecule has 2 aromatic rings. The van der Waals surface area contributed by atoms with Crippen LogP contribution in [0.15, 0.2) is 87.3 Å². The first kappa shape index (κ1) is 74.2. The Morgan fingerprint density at radius 1 is 0.891 bits per heavy atom. The highest BCUT2D eigenvalue weighted by Gasteiger charge is 2.46. The number of hydrogen-bond donors (Lipinski definition) is 11. The minimum absolute atomic E-state index is 0.0785. The van der Waals surface area contributed by atoms with Crippen molar-refractivity contribution in [2.75, 3.05) is 90.9 Å². The molecule has 3 amide bonds. The number of ether oxygens (including phenoxy) is 7. The maximum Gasteiger partial charge on any atom is 0.490 e. The highest BCUT2D eigenvalue weighted by Crippen LogP contribution is 2.66. The zero-order chi connectivity index (χ0) is 67.1. The Labute approximate surface area is 533 Å². The molecule has 4 unspecified atom stereocenters. The zero-order valence-electron chi connectivity index (χ0n) is 49.5. The number of anilines is 1. The number of benzene rings is 3. The van der Waals surface area contributed by atoms with Gasteiger partial charge in [0, 0.05) is 75.8 Å². The van der Waals surface area contributed by atoms with E-state index < -0.39 is 85.1 Å². The predicted molar refractivity (Wildman–Crippen MR) is 335 cm³/mol. The maximum absolute atomic E-state index is 12.9. The summed E-state index contributed by atoms with van der Waals surface area (Å²) >= 11 is 0. The molecular weight excluding hydrogens is 1310 g/mol. The Hall–Kier alpha value is -6.86. The quantitative estimate of drug-likeness (QED) is 0.00209. The number of nitrogen functional groups attached to an aromatic ring is 1. The van der Waals surface area contributed by atoms with E-state index in [0.29, 0.717) is 102 Å². The van der Waals surface area contributed by atoms with Crippen LogP contribution in [0.5, 0.6) is 0 Å². The van der Waals surface area contributed by atoms with E-state index in [9.17, 15) is 47.8 Å². The summed E-state index contributed by atoms with van der Waals surface area (Å²) in [4.78, 5) is 93.2. The summed E-state index contributed by atoms with van der Waals surface area (Å²) in [7, 11) is -13.9. The number of unbranched alkanes of at least 4 members (excludes halogenated alkanes) is 1. The average Bonchev–Trinajstić information content (AvgIpc) is 1.58. The fourth-order valence-electron chi connectivity index (χ4n) is 8.67. The molecule has 1 fully saturated rings. The maximum atomic E-state index is 12.9. The van der Waals surface area contributed by atoms with Crippen molar-refractivity contribution in [3.63, 3.8) is 0 Å². The lowest BCUT2D eigenvalue weighted by Gasteiger charge is -2.22. The normalized spacial score (nSPS) is 17.9. The van der Waals surface area contributed by atoms with Crippen molar-refractivity contribution in [2.24, 2.45) is 21.8 Å². The van der Waals surface area contributed by atoms with Gasteiger partial charge in [-0.25, -0.2) is 28.1 Å². The molecule has 0 bridgehead atoms. The largest absolute Gasteiger partial charge is 0.490 e. The number of hydrogen-bond acceptors (Lipinski definition) is 25. The van der Waals surface area contributed by atoms with Crippen LogP contribution in [0.2, 0.25) is 0 Å². The van der Waals surface area contributed by atoms with Gasteiger partial charge in [-0.2, -0.15) is 13.6 Å². The second-order valence-electron chi connectivity index (χ2n) is 20.3. The SMILES string of the molecule is C=C(NCCOCCOCCNC(=O)OCCC(C)(C)SSCOCCCCOC(=O)NCC#CC1=CC([C@H]2CC(OCN=[N+]=[N-])[C@@H](COP(=O)(O)OP(=O)(O)OP(=O)(O)O)O2)C(=O)N=C1N)c1ccc(C(=O)O)c(-c2c3ccc(=N)cc-3oc3cc(N)ccc23)c1.